The minimum atomic E-state index is -1.03. The van der Waals surface area contributed by atoms with E-state index in [-0.39, 0.29) is 68.9 Å². The summed E-state index contributed by atoms with van der Waals surface area (Å²) >= 11 is -1.03. The van der Waals surface area contributed by atoms with E-state index in [2.05, 4.69) is 10.0 Å². The van der Waals surface area contributed by atoms with E-state index in [0.717, 1.165) is 0 Å². The van der Waals surface area contributed by atoms with Crippen LogP contribution in [0.4, 0.5) is 0 Å². The number of hydrogen-bond acceptors (Lipinski definition) is 1. The molecule has 0 aliphatic rings. The van der Waals surface area contributed by atoms with Crippen molar-refractivity contribution < 1.29 is 3.80 Å². The predicted molar refractivity (Wildman–Crippen MR) is 19.4 cm³/mol. The summed E-state index contributed by atoms with van der Waals surface area (Å²) in [4.78, 5) is 0. The van der Waals surface area contributed by atoms with Crippen molar-refractivity contribution in [3.63, 3.8) is 0 Å². The molecule has 0 aliphatic carbocycles. The van der Waals surface area contributed by atoms with Gasteiger partial charge in [0.15, 0.2) is 0 Å². The Morgan fingerprint density at radius 2 is 1.75 bits per heavy atom. The van der Waals surface area contributed by atoms with Crippen LogP contribution in [-0.4, -0.2) is 83.1 Å². The van der Waals surface area contributed by atoms with E-state index in [1.165, 1.54) is 0 Å². The van der Waals surface area contributed by atoms with E-state index in [1.54, 1.807) is 0 Å². The molecule has 18 valence electrons. The second-order valence-electron chi connectivity index (χ2n) is 0.0891. The average Bonchev–Trinajstić information content (AvgIpc) is 0.918. The van der Waals surface area contributed by atoms with Gasteiger partial charge in [-0.15, -0.1) is 0 Å². The van der Waals surface area contributed by atoms with E-state index < -0.39 is 14.2 Å². The van der Waals surface area contributed by atoms with E-state index in [9.17, 15) is 0 Å². The van der Waals surface area contributed by atoms with Crippen LogP contribution in [0, 0.1) is 0 Å². The molecule has 0 saturated carbocycles. The SMILES string of the molecule is [CsH].[O]=[Al][Cl]. The number of halogens is 1. The summed E-state index contributed by atoms with van der Waals surface area (Å²) in [6.07, 6.45) is 0. The van der Waals surface area contributed by atoms with Gasteiger partial charge in [0.2, 0.25) is 0 Å². The average molecular weight is 212 g/mol. The summed E-state index contributed by atoms with van der Waals surface area (Å²) in [6, 6.07) is 0. The Hall–Kier alpha value is 2.67. The predicted octanol–water partition coefficient (Wildman–Crippen LogP) is -0.459. The summed E-state index contributed by atoms with van der Waals surface area (Å²) in [5, 5.41) is 0. The molecule has 4 heteroatoms. The van der Waals surface area contributed by atoms with Crippen molar-refractivity contribution in [1.29, 1.82) is 0 Å². The zero-order valence-corrected chi connectivity index (χ0v) is 3.27. The van der Waals surface area contributed by atoms with Crippen LogP contribution in [-0.2, 0) is 3.80 Å². The quantitative estimate of drug-likeness (QED) is 0.497. The van der Waals surface area contributed by atoms with Gasteiger partial charge in [-0.2, -0.15) is 0 Å². The van der Waals surface area contributed by atoms with Crippen LogP contribution >= 0.6 is 10.0 Å². The van der Waals surface area contributed by atoms with Crippen LogP contribution in [0.15, 0.2) is 0 Å². The maximum atomic E-state index is 8.78. The molecule has 0 heterocycles. The molecule has 0 bridgehead atoms. The molecule has 0 N–H and O–H groups in total. The van der Waals surface area contributed by atoms with Crippen molar-refractivity contribution in [2.24, 2.45) is 0 Å². The molecule has 0 rings (SSSR count). The summed E-state index contributed by atoms with van der Waals surface area (Å²) < 4.78 is 8.78. The van der Waals surface area contributed by atoms with Crippen LogP contribution < -0.4 is 0 Å². The zero-order chi connectivity index (χ0) is 2.71. The Kier molecular flexibility index (Phi) is 22.6. The molecule has 0 unspecified atom stereocenters. The normalized spacial score (nSPS) is 2.25. The molecule has 0 amide bonds. The van der Waals surface area contributed by atoms with Crippen molar-refractivity contribution in [1.82, 2.24) is 0 Å². The van der Waals surface area contributed by atoms with Gasteiger partial charge in [-0.25, -0.2) is 0 Å². The second-order valence-corrected chi connectivity index (χ2v) is 0.802. The van der Waals surface area contributed by atoms with Crippen molar-refractivity contribution >= 4 is 93.2 Å². The van der Waals surface area contributed by atoms with E-state index in [0.29, 0.717) is 0 Å². The fourth-order valence-corrected chi connectivity index (χ4v) is 0. The van der Waals surface area contributed by atoms with Gasteiger partial charge in [-0.3, -0.25) is 0 Å². The third-order valence-electron chi connectivity index (χ3n) is 0. The summed E-state index contributed by atoms with van der Waals surface area (Å²) in [7, 11) is 4.53. The molecular weight excluding hydrogens is 211 g/mol. The van der Waals surface area contributed by atoms with Gasteiger partial charge in [0.05, 0.1) is 0 Å². The van der Waals surface area contributed by atoms with Gasteiger partial charge in [-0.05, 0) is 0 Å². The summed E-state index contributed by atoms with van der Waals surface area (Å²) in [6.45, 7) is 0. The first kappa shape index (κ1) is 9.84. The monoisotopic (exact) mass is 212 g/mol. The molecule has 0 aromatic heterocycles. The van der Waals surface area contributed by atoms with Crippen LogP contribution in [0.3, 0.4) is 0 Å². The van der Waals surface area contributed by atoms with Crippen LogP contribution in [0.2, 0.25) is 0 Å². The molecule has 0 atom stereocenters. The van der Waals surface area contributed by atoms with Gasteiger partial charge < -0.3 is 0 Å². The Balaban J connectivity index is 0. The molecule has 0 aromatic rings. The standard InChI is InChI=1S/Al.ClH.Cs.O.H/h;1H;;;/q+1;;;;/p-1. The molecule has 0 radical (unpaired) electrons. The molecule has 0 aromatic carbocycles. The summed E-state index contributed by atoms with van der Waals surface area (Å²) in [5.41, 5.74) is 0. The molecule has 0 saturated heterocycles. The number of rotatable bonds is 0. The Morgan fingerprint density at radius 3 is 1.75 bits per heavy atom. The number of hydrogen-bond donors (Lipinski definition) is 0. The molecule has 4 heavy (non-hydrogen) atoms. The van der Waals surface area contributed by atoms with Gasteiger partial charge in [0, 0.05) is 0 Å². The fraction of sp³-hybridized carbons (Fsp3) is 0. The van der Waals surface area contributed by atoms with Crippen molar-refractivity contribution in [3.8, 4) is 0 Å². The third-order valence-corrected chi connectivity index (χ3v) is 0. The van der Waals surface area contributed by atoms with Crippen molar-refractivity contribution in [2.45, 2.75) is 0 Å². The first-order valence-corrected chi connectivity index (χ1v) is 2.67. The Morgan fingerprint density at radius 1 is 1.75 bits per heavy atom. The van der Waals surface area contributed by atoms with Gasteiger partial charge in [-0.1, -0.05) is 0 Å². The molecule has 0 aliphatic heterocycles. The Labute approximate surface area is 94.0 Å². The molecule has 1 nitrogen and oxygen atoms in total. The zero-order valence-electron chi connectivity index (χ0n) is 1.36. The van der Waals surface area contributed by atoms with Crippen molar-refractivity contribution in [3.05, 3.63) is 0 Å². The van der Waals surface area contributed by atoms with Gasteiger partial charge >= 0.3 is 97.0 Å². The van der Waals surface area contributed by atoms with Crippen molar-refractivity contribution in [2.75, 3.05) is 0 Å². The third kappa shape index (κ3) is 8.82. The van der Waals surface area contributed by atoms with Gasteiger partial charge in [0.25, 0.3) is 0 Å². The van der Waals surface area contributed by atoms with Crippen LogP contribution in [0.1, 0.15) is 0 Å². The van der Waals surface area contributed by atoms with Gasteiger partial charge in [0.1, 0.15) is 0 Å². The first-order chi connectivity index (χ1) is 1.41. The van der Waals surface area contributed by atoms with Crippen LogP contribution in [0.25, 0.3) is 0 Å². The van der Waals surface area contributed by atoms with E-state index >= 15 is 0 Å². The fourth-order valence-electron chi connectivity index (χ4n) is 0. The van der Waals surface area contributed by atoms with E-state index in [4.69, 9.17) is 3.80 Å². The molecule has 0 spiro atoms. The molecular formula is HAlClCsO. The van der Waals surface area contributed by atoms with Crippen LogP contribution in [0.5, 0.6) is 0 Å². The maximum absolute atomic E-state index is 8.78. The second kappa shape index (κ2) is 9.18. The Bertz CT molecular complexity index is 15.5. The summed E-state index contributed by atoms with van der Waals surface area (Å²) in [5.74, 6) is 0. The molecule has 0 fully saturated rings. The topological polar surface area (TPSA) is 17.1 Å². The minimum absolute atomic E-state index is 0. The first-order valence-electron chi connectivity index (χ1n) is 0.454. The van der Waals surface area contributed by atoms with E-state index in [1.807, 2.05) is 0 Å².